The van der Waals surface area contributed by atoms with E-state index in [2.05, 4.69) is 11.2 Å². The summed E-state index contributed by atoms with van der Waals surface area (Å²) in [5.74, 6) is 0.938. The van der Waals surface area contributed by atoms with Gasteiger partial charge in [0.25, 0.3) is 0 Å². The fourth-order valence-corrected chi connectivity index (χ4v) is 6.01. The summed E-state index contributed by atoms with van der Waals surface area (Å²) >= 11 is 0. The Bertz CT molecular complexity index is 1530. The Labute approximate surface area is 293 Å². The van der Waals surface area contributed by atoms with Crippen LogP contribution in [0.5, 0.6) is 0 Å². The Morgan fingerprint density at radius 2 is 1.68 bits per heavy atom. The van der Waals surface area contributed by atoms with E-state index >= 15 is 0 Å². The smallest absolute Gasteiger partial charge is 0.410 e. The molecule has 4 amide bonds. The number of ether oxygens (including phenoxy) is 4. The third-order valence-electron chi connectivity index (χ3n) is 8.78. The highest BCUT2D eigenvalue weighted by Gasteiger charge is 2.54. The van der Waals surface area contributed by atoms with Crippen LogP contribution in [0.1, 0.15) is 52.2 Å². The minimum Gasteiger partial charge on any atom is -0.445 e. The molecule has 270 valence electrons. The summed E-state index contributed by atoms with van der Waals surface area (Å²) in [6.45, 7) is 8.78. The van der Waals surface area contributed by atoms with Crippen molar-refractivity contribution in [2.75, 3.05) is 26.7 Å². The third kappa shape index (κ3) is 9.73. The molecule has 2 aromatic rings. The molecule has 13 heteroatoms. The summed E-state index contributed by atoms with van der Waals surface area (Å²) in [5, 5.41) is 2.78. The van der Waals surface area contributed by atoms with Crippen LogP contribution in [0.15, 0.2) is 54.6 Å². The van der Waals surface area contributed by atoms with Crippen molar-refractivity contribution in [2.45, 2.75) is 96.2 Å². The van der Waals surface area contributed by atoms with E-state index in [4.69, 9.17) is 25.4 Å². The van der Waals surface area contributed by atoms with Crippen LogP contribution in [-0.4, -0.2) is 107 Å². The summed E-state index contributed by atoms with van der Waals surface area (Å²) in [6, 6.07) is 12.0. The normalized spacial score (nSPS) is 20.2. The van der Waals surface area contributed by atoms with Crippen LogP contribution < -0.4 is 5.32 Å². The zero-order valence-corrected chi connectivity index (χ0v) is 29.5. The first-order chi connectivity index (χ1) is 23.7. The van der Waals surface area contributed by atoms with Crippen molar-refractivity contribution < 1.29 is 42.5 Å². The molecule has 2 saturated heterocycles. The standard InChI is InChI=1S/C37H47FN4O8/c1-8-20-47-25(3)31(39-33(43)24(2)40(7)35(45)50-37(4,5)6)34(44)41-19-18-29-32(41)30(48-22-27-14-16-28(38)17-15-27)21-42(29)36(46)49-23-26-12-10-9-11-13-26/h1,9-17,24-25,29-32H,18-23H2,2-7H3,(H,39,43)/t24-,25+,29+,30-,31-,32-/m0/s1. The molecule has 0 unspecified atom stereocenters. The zero-order chi connectivity index (χ0) is 36.6. The van der Waals surface area contributed by atoms with Gasteiger partial charge >= 0.3 is 12.2 Å². The molecule has 0 aromatic heterocycles. The van der Waals surface area contributed by atoms with Gasteiger partial charge in [-0.15, -0.1) is 6.42 Å². The molecule has 50 heavy (non-hydrogen) atoms. The van der Waals surface area contributed by atoms with Crippen molar-refractivity contribution in [1.82, 2.24) is 20.0 Å². The lowest BCUT2D eigenvalue weighted by Crippen LogP contribution is -2.60. The number of carbonyl (C=O) groups excluding carboxylic acids is 4. The van der Waals surface area contributed by atoms with Crippen molar-refractivity contribution in [3.63, 3.8) is 0 Å². The first-order valence-electron chi connectivity index (χ1n) is 16.6. The number of likely N-dealkylation sites (N-methyl/N-ethyl adjacent to an activating group) is 1. The summed E-state index contributed by atoms with van der Waals surface area (Å²) in [5.41, 5.74) is 0.769. The van der Waals surface area contributed by atoms with E-state index in [-0.39, 0.29) is 38.7 Å². The van der Waals surface area contributed by atoms with E-state index in [0.717, 1.165) is 10.5 Å². The van der Waals surface area contributed by atoms with Gasteiger partial charge < -0.3 is 34.1 Å². The molecule has 0 bridgehead atoms. The number of fused-ring (bicyclic) bond motifs is 1. The van der Waals surface area contributed by atoms with Gasteiger partial charge in [0.2, 0.25) is 11.8 Å². The van der Waals surface area contributed by atoms with E-state index in [1.54, 1.807) is 49.6 Å². The molecule has 0 aliphatic carbocycles. The summed E-state index contributed by atoms with van der Waals surface area (Å²) in [4.78, 5) is 58.4. The molecule has 2 aliphatic rings. The van der Waals surface area contributed by atoms with E-state index in [9.17, 15) is 23.6 Å². The predicted molar refractivity (Wildman–Crippen MR) is 182 cm³/mol. The highest BCUT2D eigenvalue weighted by atomic mass is 19.1. The molecule has 2 heterocycles. The minimum absolute atomic E-state index is 0.0748. The lowest BCUT2D eigenvalue weighted by Gasteiger charge is -2.34. The second-order valence-corrected chi connectivity index (χ2v) is 13.5. The molecule has 2 fully saturated rings. The average molecular weight is 695 g/mol. The van der Waals surface area contributed by atoms with Crippen LogP contribution >= 0.6 is 0 Å². The monoisotopic (exact) mass is 694 g/mol. The second-order valence-electron chi connectivity index (χ2n) is 13.5. The van der Waals surface area contributed by atoms with Gasteiger partial charge in [-0.3, -0.25) is 14.5 Å². The molecule has 2 aromatic carbocycles. The van der Waals surface area contributed by atoms with Gasteiger partial charge in [-0.05, 0) is 64.3 Å². The van der Waals surface area contributed by atoms with Crippen molar-refractivity contribution >= 4 is 24.0 Å². The van der Waals surface area contributed by atoms with Gasteiger partial charge in [0.15, 0.2) is 0 Å². The second kappa shape index (κ2) is 16.8. The number of likely N-dealkylation sites (tertiary alicyclic amines) is 2. The average Bonchev–Trinajstić information content (AvgIpc) is 3.68. The van der Waals surface area contributed by atoms with Crippen molar-refractivity contribution in [1.29, 1.82) is 0 Å². The van der Waals surface area contributed by atoms with Crippen LogP contribution in [0.2, 0.25) is 0 Å². The van der Waals surface area contributed by atoms with Gasteiger partial charge in [-0.2, -0.15) is 0 Å². The zero-order valence-electron chi connectivity index (χ0n) is 29.5. The molecule has 2 aliphatic heterocycles. The predicted octanol–water partition coefficient (Wildman–Crippen LogP) is 4.11. The van der Waals surface area contributed by atoms with E-state index in [0.29, 0.717) is 12.0 Å². The van der Waals surface area contributed by atoms with Crippen molar-refractivity contribution in [3.05, 3.63) is 71.5 Å². The fraction of sp³-hybridized carbons (Fsp3) is 0.514. The summed E-state index contributed by atoms with van der Waals surface area (Å²) in [7, 11) is 1.44. The summed E-state index contributed by atoms with van der Waals surface area (Å²) in [6.07, 6.45) is 3.14. The number of benzene rings is 2. The highest BCUT2D eigenvalue weighted by Crippen LogP contribution is 2.35. The number of rotatable bonds is 12. The van der Waals surface area contributed by atoms with Gasteiger partial charge in [-0.25, -0.2) is 14.0 Å². The van der Waals surface area contributed by atoms with Gasteiger partial charge in [-0.1, -0.05) is 48.4 Å². The van der Waals surface area contributed by atoms with Crippen LogP contribution in [0.25, 0.3) is 0 Å². The quantitative estimate of drug-likeness (QED) is 0.329. The maximum Gasteiger partial charge on any atom is 0.410 e. The third-order valence-corrected chi connectivity index (χ3v) is 8.78. The number of amides is 4. The van der Waals surface area contributed by atoms with Crippen LogP contribution in [0, 0.1) is 18.2 Å². The number of carbonyl (C=O) groups is 4. The lowest BCUT2D eigenvalue weighted by molar-refractivity contribution is -0.144. The molecular formula is C37H47FN4O8. The highest BCUT2D eigenvalue weighted by molar-refractivity contribution is 5.92. The number of halogens is 1. The summed E-state index contributed by atoms with van der Waals surface area (Å²) < 4.78 is 36.7. The van der Waals surface area contributed by atoms with Crippen LogP contribution in [0.4, 0.5) is 14.0 Å². The maximum atomic E-state index is 14.4. The number of terminal acetylenes is 1. The SMILES string of the molecule is C#CCO[C@H](C)[C@H](NC(=O)[C@H](C)N(C)C(=O)OC(C)(C)C)C(=O)N1CC[C@@H]2[C@H]1[C@@H](OCc1ccc(F)cc1)CN2C(=O)OCc1ccccc1. The van der Waals surface area contributed by atoms with Gasteiger partial charge in [0.05, 0.1) is 37.4 Å². The fourth-order valence-electron chi connectivity index (χ4n) is 6.01. The topological polar surface area (TPSA) is 127 Å². The minimum atomic E-state index is -1.19. The first-order valence-corrected chi connectivity index (χ1v) is 16.6. The number of nitrogens with one attached hydrogen (secondary N) is 1. The molecule has 4 rings (SSSR count). The van der Waals surface area contributed by atoms with E-state index < -0.39 is 66.0 Å². The molecule has 0 radical (unpaired) electrons. The van der Waals surface area contributed by atoms with E-state index in [1.165, 1.54) is 26.1 Å². The van der Waals surface area contributed by atoms with Crippen LogP contribution in [-0.2, 0) is 41.8 Å². The molecule has 12 nitrogen and oxygen atoms in total. The molecule has 6 atom stereocenters. The van der Waals surface area contributed by atoms with Gasteiger partial charge in [0.1, 0.15) is 36.7 Å². The Kier molecular flexibility index (Phi) is 12.8. The Balaban J connectivity index is 1.56. The molecule has 0 spiro atoms. The molecule has 0 saturated carbocycles. The first kappa shape index (κ1) is 38.1. The largest absolute Gasteiger partial charge is 0.445 e. The molecule has 1 N–H and O–H groups in total. The van der Waals surface area contributed by atoms with Gasteiger partial charge in [0, 0.05) is 13.6 Å². The van der Waals surface area contributed by atoms with Crippen molar-refractivity contribution in [3.8, 4) is 12.3 Å². The Morgan fingerprint density at radius 1 is 1.02 bits per heavy atom. The molecular weight excluding hydrogens is 647 g/mol. The lowest BCUT2D eigenvalue weighted by atomic mass is 10.1. The maximum absolute atomic E-state index is 14.4. The van der Waals surface area contributed by atoms with E-state index in [1.807, 2.05) is 30.3 Å². The number of hydrogen-bond acceptors (Lipinski definition) is 8. The number of hydrogen-bond donors (Lipinski definition) is 1. The van der Waals surface area contributed by atoms with Crippen molar-refractivity contribution in [2.24, 2.45) is 0 Å². The Hall–Kier alpha value is -4.67. The Morgan fingerprint density at radius 3 is 2.32 bits per heavy atom. The van der Waals surface area contributed by atoms with Crippen LogP contribution in [0.3, 0.4) is 0 Å². The number of nitrogens with zero attached hydrogens (tertiary/aromatic N) is 3.